The number of likely N-dealkylation sites (tertiary alicyclic amines) is 1. The molecule has 1 amide bonds. The maximum atomic E-state index is 13.2. The van der Waals surface area contributed by atoms with E-state index in [9.17, 15) is 9.18 Å². The Bertz CT molecular complexity index is 455. The van der Waals surface area contributed by atoms with Crippen molar-refractivity contribution >= 4 is 18.3 Å². The van der Waals surface area contributed by atoms with Crippen molar-refractivity contribution in [1.29, 1.82) is 0 Å². The molecule has 2 atom stereocenters. The average molecular weight is 301 g/mol. The smallest absolute Gasteiger partial charge is 0.230 e. The minimum absolute atomic E-state index is 0. The van der Waals surface area contributed by atoms with Gasteiger partial charge in [0, 0.05) is 19.1 Å². The number of hydrogen-bond donors (Lipinski definition) is 1. The highest BCUT2D eigenvalue weighted by molar-refractivity contribution is 5.85. The van der Waals surface area contributed by atoms with E-state index in [1.807, 2.05) is 11.8 Å². The van der Waals surface area contributed by atoms with Crippen LogP contribution in [0.15, 0.2) is 24.3 Å². The summed E-state index contributed by atoms with van der Waals surface area (Å²) < 4.78 is 13.2. The van der Waals surface area contributed by atoms with Gasteiger partial charge < -0.3 is 10.6 Å². The minimum Gasteiger partial charge on any atom is -0.338 e. The van der Waals surface area contributed by atoms with Gasteiger partial charge in [-0.05, 0) is 43.9 Å². The molecule has 112 valence electrons. The van der Waals surface area contributed by atoms with Crippen molar-refractivity contribution in [3.63, 3.8) is 0 Å². The van der Waals surface area contributed by atoms with Crippen LogP contribution in [0.1, 0.15) is 37.7 Å². The molecule has 0 saturated carbocycles. The highest BCUT2D eigenvalue weighted by atomic mass is 35.5. The summed E-state index contributed by atoms with van der Waals surface area (Å²) in [4.78, 5) is 14.4. The SMILES string of the molecule is CC(C(=O)N1CCCCC1CN)c1cccc(F)c1.Cl. The molecular formula is C15H22ClFN2O. The van der Waals surface area contributed by atoms with E-state index in [0.29, 0.717) is 6.54 Å². The van der Waals surface area contributed by atoms with Crippen LogP contribution < -0.4 is 5.73 Å². The lowest BCUT2D eigenvalue weighted by Gasteiger charge is -2.36. The highest BCUT2D eigenvalue weighted by Crippen LogP contribution is 2.24. The Labute approximate surface area is 125 Å². The molecule has 0 aromatic heterocycles. The predicted octanol–water partition coefficient (Wildman–Crippen LogP) is 2.69. The van der Waals surface area contributed by atoms with E-state index in [1.54, 1.807) is 12.1 Å². The van der Waals surface area contributed by atoms with Gasteiger partial charge in [0.25, 0.3) is 0 Å². The molecule has 0 aliphatic carbocycles. The third-order valence-corrected chi connectivity index (χ3v) is 3.90. The summed E-state index contributed by atoms with van der Waals surface area (Å²) in [7, 11) is 0. The molecule has 5 heteroatoms. The quantitative estimate of drug-likeness (QED) is 0.933. The zero-order valence-corrected chi connectivity index (χ0v) is 12.5. The van der Waals surface area contributed by atoms with Crippen molar-refractivity contribution in [2.24, 2.45) is 5.73 Å². The number of piperidine rings is 1. The molecule has 1 fully saturated rings. The first-order chi connectivity index (χ1) is 9.13. The summed E-state index contributed by atoms with van der Waals surface area (Å²) in [6, 6.07) is 6.41. The number of nitrogens with zero attached hydrogens (tertiary/aromatic N) is 1. The van der Waals surface area contributed by atoms with Crippen molar-refractivity contribution in [1.82, 2.24) is 4.90 Å². The number of hydrogen-bond acceptors (Lipinski definition) is 2. The normalized spacial score (nSPS) is 20.1. The fourth-order valence-corrected chi connectivity index (χ4v) is 2.70. The Morgan fingerprint density at radius 3 is 2.90 bits per heavy atom. The highest BCUT2D eigenvalue weighted by Gasteiger charge is 2.29. The van der Waals surface area contributed by atoms with Gasteiger partial charge in [-0.2, -0.15) is 0 Å². The van der Waals surface area contributed by atoms with Gasteiger partial charge in [0.05, 0.1) is 5.92 Å². The van der Waals surface area contributed by atoms with Gasteiger partial charge in [-0.3, -0.25) is 4.79 Å². The summed E-state index contributed by atoms with van der Waals surface area (Å²) in [6.07, 6.45) is 3.12. The Kier molecular flexibility index (Phi) is 6.43. The first kappa shape index (κ1) is 16.9. The predicted molar refractivity (Wildman–Crippen MR) is 80.5 cm³/mol. The van der Waals surface area contributed by atoms with Crippen molar-refractivity contribution in [3.8, 4) is 0 Å². The topological polar surface area (TPSA) is 46.3 Å². The van der Waals surface area contributed by atoms with Crippen molar-refractivity contribution in [3.05, 3.63) is 35.6 Å². The van der Waals surface area contributed by atoms with Gasteiger partial charge in [-0.25, -0.2) is 4.39 Å². The number of carbonyl (C=O) groups excluding carboxylic acids is 1. The second kappa shape index (κ2) is 7.60. The molecule has 2 rings (SSSR count). The van der Waals surface area contributed by atoms with Crippen LogP contribution in [-0.4, -0.2) is 29.9 Å². The Balaban J connectivity index is 0.00000200. The molecule has 1 saturated heterocycles. The largest absolute Gasteiger partial charge is 0.338 e. The van der Waals surface area contributed by atoms with Crippen LogP contribution in [0.5, 0.6) is 0 Å². The fraction of sp³-hybridized carbons (Fsp3) is 0.533. The monoisotopic (exact) mass is 300 g/mol. The number of nitrogens with two attached hydrogens (primary N) is 1. The molecule has 0 bridgehead atoms. The van der Waals surface area contributed by atoms with Crippen LogP contribution in [0.3, 0.4) is 0 Å². The second-order valence-corrected chi connectivity index (χ2v) is 5.19. The molecule has 20 heavy (non-hydrogen) atoms. The van der Waals surface area contributed by atoms with Gasteiger partial charge in [-0.15, -0.1) is 12.4 Å². The lowest BCUT2D eigenvalue weighted by atomic mass is 9.95. The Morgan fingerprint density at radius 2 is 2.25 bits per heavy atom. The summed E-state index contributed by atoms with van der Waals surface area (Å²) >= 11 is 0. The van der Waals surface area contributed by atoms with Crippen LogP contribution >= 0.6 is 12.4 Å². The second-order valence-electron chi connectivity index (χ2n) is 5.19. The Hall–Kier alpha value is -1.13. The van der Waals surface area contributed by atoms with E-state index in [4.69, 9.17) is 5.73 Å². The Morgan fingerprint density at radius 1 is 1.50 bits per heavy atom. The molecule has 1 aliphatic rings. The maximum Gasteiger partial charge on any atom is 0.230 e. The summed E-state index contributed by atoms with van der Waals surface area (Å²) in [5.74, 6) is -0.560. The van der Waals surface area contributed by atoms with Crippen molar-refractivity contribution < 1.29 is 9.18 Å². The summed E-state index contributed by atoms with van der Waals surface area (Å²) in [6.45, 7) is 3.10. The molecule has 1 aliphatic heterocycles. The van der Waals surface area contributed by atoms with E-state index < -0.39 is 0 Å². The van der Waals surface area contributed by atoms with E-state index in [-0.39, 0.29) is 36.1 Å². The molecular weight excluding hydrogens is 279 g/mol. The van der Waals surface area contributed by atoms with E-state index >= 15 is 0 Å². The number of amides is 1. The summed E-state index contributed by atoms with van der Waals surface area (Å²) in [5.41, 5.74) is 6.47. The van der Waals surface area contributed by atoms with Gasteiger partial charge >= 0.3 is 0 Å². The first-order valence-corrected chi connectivity index (χ1v) is 6.89. The third kappa shape index (κ3) is 3.70. The van der Waals surface area contributed by atoms with Gasteiger partial charge in [0.2, 0.25) is 5.91 Å². The average Bonchev–Trinajstić information content (AvgIpc) is 2.45. The molecule has 0 spiro atoms. The van der Waals surface area contributed by atoms with E-state index in [0.717, 1.165) is 31.4 Å². The lowest BCUT2D eigenvalue weighted by molar-refractivity contribution is -0.135. The standard InChI is InChI=1S/C15H21FN2O.ClH/c1-11(12-5-4-6-13(16)9-12)15(19)18-8-3-2-7-14(18)10-17;/h4-6,9,11,14H,2-3,7-8,10,17H2,1H3;1H. The molecule has 1 heterocycles. The molecule has 1 aromatic rings. The molecule has 0 radical (unpaired) electrons. The zero-order valence-electron chi connectivity index (χ0n) is 11.7. The number of carbonyl (C=O) groups is 1. The van der Waals surface area contributed by atoms with Gasteiger partial charge in [0.1, 0.15) is 5.82 Å². The summed E-state index contributed by atoms with van der Waals surface area (Å²) in [5, 5.41) is 0. The molecule has 2 unspecified atom stereocenters. The fourth-order valence-electron chi connectivity index (χ4n) is 2.70. The number of rotatable bonds is 3. The number of halogens is 2. The molecule has 3 nitrogen and oxygen atoms in total. The molecule has 1 aromatic carbocycles. The van der Waals surface area contributed by atoms with Crippen LogP contribution in [0.2, 0.25) is 0 Å². The lowest BCUT2D eigenvalue weighted by Crippen LogP contribution is -2.48. The van der Waals surface area contributed by atoms with E-state index in [2.05, 4.69) is 0 Å². The third-order valence-electron chi connectivity index (χ3n) is 3.90. The first-order valence-electron chi connectivity index (χ1n) is 6.89. The van der Waals surface area contributed by atoms with Gasteiger partial charge in [-0.1, -0.05) is 12.1 Å². The van der Waals surface area contributed by atoms with Crippen LogP contribution in [-0.2, 0) is 4.79 Å². The van der Waals surface area contributed by atoms with Crippen molar-refractivity contribution in [2.45, 2.75) is 38.1 Å². The maximum absolute atomic E-state index is 13.2. The molecule has 2 N–H and O–H groups in total. The van der Waals surface area contributed by atoms with Crippen LogP contribution in [0, 0.1) is 5.82 Å². The van der Waals surface area contributed by atoms with Crippen LogP contribution in [0.25, 0.3) is 0 Å². The van der Waals surface area contributed by atoms with Gasteiger partial charge in [0.15, 0.2) is 0 Å². The van der Waals surface area contributed by atoms with Crippen LogP contribution in [0.4, 0.5) is 4.39 Å². The van der Waals surface area contributed by atoms with E-state index in [1.165, 1.54) is 12.1 Å². The number of benzene rings is 1. The van der Waals surface area contributed by atoms with Crippen molar-refractivity contribution in [2.75, 3.05) is 13.1 Å². The minimum atomic E-state index is -0.317. The zero-order chi connectivity index (χ0) is 13.8.